The highest BCUT2D eigenvalue weighted by Gasteiger charge is 2.33. The van der Waals surface area contributed by atoms with Crippen LogP contribution in [0.15, 0.2) is 88.6 Å². The van der Waals surface area contributed by atoms with E-state index in [4.69, 9.17) is 4.74 Å². The minimum atomic E-state index is -4.67. The summed E-state index contributed by atoms with van der Waals surface area (Å²) in [4.78, 5) is 14.2. The number of H-pyrrole nitrogens is 1. The lowest BCUT2D eigenvalue weighted by atomic mass is 9.93. The molecule has 0 spiro atoms. The van der Waals surface area contributed by atoms with Crippen molar-refractivity contribution in [3.05, 3.63) is 111 Å². The Labute approximate surface area is 230 Å². The average molecular weight is 571 g/mol. The molecule has 1 heterocycles. The first kappa shape index (κ1) is 28.1. The SMILES string of the molecule is O=c1cc(C(F)(F)F)c2cc(Cc3ccc(S(=O)(=O)N[C@H]4CCCC[C@H]4OCc4ccccc4)cc3)ccc2[nH]1. The molecule has 1 fully saturated rings. The molecule has 0 aliphatic heterocycles. The minimum absolute atomic E-state index is 0.0930. The number of rotatable bonds is 8. The summed E-state index contributed by atoms with van der Waals surface area (Å²) < 4.78 is 75.8. The minimum Gasteiger partial charge on any atom is -0.372 e. The predicted molar refractivity (Wildman–Crippen MR) is 146 cm³/mol. The highest BCUT2D eigenvalue weighted by Crippen LogP contribution is 2.34. The molecule has 40 heavy (non-hydrogen) atoms. The van der Waals surface area contributed by atoms with Crippen LogP contribution in [0.25, 0.3) is 10.9 Å². The molecule has 3 aromatic carbocycles. The molecule has 0 radical (unpaired) electrons. The van der Waals surface area contributed by atoms with E-state index >= 15 is 0 Å². The van der Waals surface area contributed by atoms with Crippen molar-refractivity contribution in [3.63, 3.8) is 0 Å². The zero-order chi connectivity index (χ0) is 28.3. The summed E-state index contributed by atoms with van der Waals surface area (Å²) in [5.41, 5.74) is 0.650. The van der Waals surface area contributed by atoms with E-state index in [0.29, 0.717) is 24.7 Å². The number of hydrogen-bond acceptors (Lipinski definition) is 4. The maximum Gasteiger partial charge on any atom is 0.417 e. The first-order valence-electron chi connectivity index (χ1n) is 13.1. The topological polar surface area (TPSA) is 88.3 Å². The van der Waals surface area contributed by atoms with Crippen LogP contribution in [0.3, 0.4) is 0 Å². The highest BCUT2D eigenvalue weighted by molar-refractivity contribution is 7.89. The number of benzene rings is 3. The third-order valence-electron chi connectivity index (χ3n) is 7.17. The zero-order valence-electron chi connectivity index (χ0n) is 21.6. The standard InChI is InChI=1S/C30H29F3N2O4S/c31-30(32,33)25-18-29(36)34-26-15-12-22(17-24(25)26)16-20-10-13-23(14-11-20)40(37,38)35-27-8-4-5-9-28(27)39-19-21-6-2-1-3-7-21/h1-3,6-7,10-15,17-18,27-28,35H,4-5,8-9,16,19H2,(H,34,36)/t27-,28+/m0/s1. The number of nitrogens with one attached hydrogen (secondary N) is 2. The first-order valence-corrected chi connectivity index (χ1v) is 14.6. The summed E-state index contributed by atoms with van der Waals surface area (Å²) >= 11 is 0. The lowest BCUT2D eigenvalue weighted by Crippen LogP contribution is -2.46. The molecule has 0 unspecified atom stereocenters. The van der Waals surface area contributed by atoms with Gasteiger partial charge < -0.3 is 9.72 Å². The molecule has 0 saturated heterocycles. The van der Waals surface area contributed by atoms with Crippen LogP contribution in [-0.4, -0.2) is 25.5 Å². The van der Waals surface area contributed by atoms with Gasteiger partial charge in [-0.2, -0.15) is 13.2 Å². The van der Waals surface area contributed by atoms with E-state index in [1.165, 1.54) is 24.3 Å². The Hall–Kier alpha value is -3.47. The van der Waals surface area contributed by atoms with Crippen molar-refractivity contribution >= 4 is 20.9 Å². The molecule has 6 nitrogen and oxygen atoms in total. The second-order valence-electron chi connectivity index (χ2n) is 10.1. The molecule has 1 saturated carbocycles. The Bertz CT molecular complexity index is 1640. The molecule has 210 valence electrons. The van der Waals surface area contributed by atoms with Gasteiger partial charge in [-0.3, -0.25) is 4.79 Å². The average Bonchev–Trinajstić information content (AvgIpc) is 2.92. The van der Waals surface area contributed by atoms with E-state index in [1.54, 1.807) is 18.2 Å². The molecule has 0 bridgehead atoms. The fraction of sp³-hybridized carbons (Fsp3) is 0.300. The van der Waals surface area contributed by atoms with Crippen LogP contribution in [0.4, 0.5) is 13.2 Å². The van der Waals surface area contributed by atoms with Crippen molar-refractivity contribution in [2.24, 2.45) is 0 Å². The number of ether oxygens (including phenoxy) is 1. The highest BCUT2D eigenvalue weighted by atomic mass is 32.2. The van der Waals surface area contributed by atoms with E-state index in [9.17, 15) is 26.4 Å². The summed E-state index contributed by atoms with van der Waals surface area (Å²) in [6.07, 6.45) is -1.27. The number of hydrogen-bond donors (Lipinski definition) is 2. The van der Waals surface area contributed by atoms with Gasteiger partial charge in [0.1, 0.15) is 0 Å². The number of aromatic nitrogens is 1. The van der Waals surface area contributed by atoms with E-state index < -0.39 is 27.3 Å². The van der Waals surface area contributed by atoms with Crippen molar-refractivity contribution in [1.29, 1.82) is 0 Å². The molecular formula is C30H29F3N2O4S. The van der Waals surface area contributed by atoms with Gasteiger partial charge in [-0.25, -0.2) is 13.1 Å². The molecule has 1 aromatic heterocycles. The number of pyridine rings is 1. The Morgan fingerprint density at radius 2 is 1.57 bits per heavy atom. The van der Waals surface area contributed by atoms with Gasteiger partial charge in [-0.1, -0.05) is 61.4 Å². The second kappa shape index (κ2) is 11.6. The molecule has 5 rings (SSSR count). The van der Waals surface area contributed by atoms with E-state index in [0.717, 1.165) is 30.4 Å². The van der Waals surface area contributed by atoms with E-state index in [2.05, 4.69) is 9.71 Å². The van der Waals surface area contributed by atoms with Crippen LogP contribution < -0.4 is 10.3 Å². The van der Waals surface area contributed by atoms with Crippen molar-refractivity contribution < 1.29 is 26.3 Å². The smallest absolute Gasteiger partial charge is 0.372 e. The van der Waals surface area contributed by atoms with Gasteiger partial charge in [-0.05, 0) is 60.2 Å². The number of aromatic amines is 1. The first-order chi connectivity index (χ1) is 19.1. The van der Waals surface area contributed by atoms with Gasteiger partial charge in [0.2, 0.25) is 15.6 Å². The summed E-state index contributed by atoms with van der Waals surface area (Å²) in [5.74, 6) is 0. The van der Waals surface area contributed by atoms with Crippen molar-refractivity contribution in [3.8, 4) is 0 Å². The normalized spacial score (nSPS) is 18.2. The molecular weight excluding hydrogens is 541 g/mol. The fourth-order valence-electron chi connectivity index (χ4n) is 5.14. The molecule has 0 amide bonds. The van der Waals surface area contributed by atoms with Crippen LogP contribution in [0.2, 0.25) is 0 Å². The Kier molecular flexibility index (Phi) is 8.11. The van der Waals surface area contributed by atoms with Crippen LogP contribution in [0, 0.1) is 0 Å². The number of alkyl halides is 3. The summed E-state index contributed by atoms with van der Waals surface area (Å²) in [6.45, 7) is 0.410. The molecule has 2 N–H and O–H groups in total. The maximum absolute atomic E-state index is 13.5. The van der Waals surface area contributed by atoms with Gasteiger partial charge in [0.25, 0.3) is 0 Å². The monoisotopic (exact) mass is 570 g/mol. The van der Waals surface area contributed by atoms with Crippen LogP contribution >= 0.6 is 0 Å². The quantitative estimate of drug-likeness (QED) is 0.274. The van der Waals surface area contributed by atoms with Gasteiger partial charge in [0, 0.05) is 23.0 Å². The second-order valence-corrected chi connectivity index (χ2v) is 11.8. The Morgan fingerprint density at radius 3 is 2.30 bits per heavy atom. The molecule has 1 aliphatic carbocycles. The zero-order valence-corrected chi connectivity index (χ0v) is 22.4. The number of sulfonamides is 1. The summed E-state index contributed by atoms with van der Waals surface area (Å²) in [6, 6.07) is 20.8. The lowest BCUT2D eigenvalue weighted by Gasteiger charge is -2.32. The molecule has 1 aliphatic rings. The predicted octanol–water partition coefficient (Wildman–Crippen LogP) is 5.94. The van der Waals surface area contributed by atoms with Gasteiger partial charge >= 0.3 is 6.18 Å². The van der Waals surface area contributed by atoms with Crippen LogP contribution in [0.5, 0.6) is 0 Å². The third kappa shape index (κ3) is 6.63. The lowest BCUT2D eigenvalue weighted by molar-refractivity contribution is -0.136. The van der Waals surface area contributed by atoms with Gasteiger partial charge in [-0.15, -0.1) is 0 Å². The summed E-state index contributed by atoms with van der Waals surface area (Å²) in [7, 11) is -3.81. The number of fused-ring (bicyclic) bond motifs is 1. The third-order valence-corrected chi connectivity index (χ3v) is 8.68. The van der Waals surface area contributed by atoms with E-state index in [-0.39, 0.29) is 34.4 Å². The maximum atomic E-state index is 13.5. The fourth-order valence-corrected chi connectivity index (χ4v) is 6.44. The summed E-state index contributed by atoms with van der Waals surface area (Å²) in [5, 5.41) is -0.0930. The molecule has 4 aromatic rings. The Balaban J connectivity index is 1.28. The van der Waals surface area contributed by atoms with Crippen molar-refractivity contribution in [2.45, 2.75) is 61.9 Å². The van der Waals surface area contributed by atoms with Gasteiger partial charge in [0.15, 0.2) is 0 Å². The number of halogens is 3. The largest absolute Gasteiger partial charge is 0.417 e. The van der Waals surface area contributed by atoms with Crippen molar-refractivity contribution in [1.82, 2.24) is 9.71 Å². The molecule has 10 heteroatoms. The van der Waals surface area contributed by atoms with Gasteiger partial charge in [0.05, 0.1) is 23.2 Å². The van der Waals surface area contributed by atoms with Crippen molar-refractivity contribution in [2.75, 3.05) is 0 Å². The van der Waals surface area contributed by atoms with E-state index in [1.807, 2.05) is 30.3 Å². The van der Waals surface area contributed by atoms with Crippen LogP contribution in [-0.2, 0) is 34.0 Å². The van der Waals surface area contributed by atoms with Crippen LogP contribution in [0.1, 0.15) is 47.9 Å². The Morgan fingerprint density at radius 1 is 0.875 bits per heavy atom. The molecule has 2 atom stereocenters.